The van der Waals surface area contributed by atoms with Gasteiger partial charge in [-0.2, -0.15) is 0 Å². The summed E-state index contributed by atoms with van der Waals surface area (Å²) in [7, 11) is 3.06. The second-order valence-electron chi connectivity index (χ2n) is 5.03. The van der Waals surface area contributed by atoms with Crippen molar-refractivity contribution >= 4 is 0 Å². The minimum Gasteiger partial charge on any atom is -0.305 e. The summed E-state index contributed by atoms with van der Waals surface area (Å²) < 4.78 is 15.7. The number of halogens is 1. The third-order valence-corrected chi connectivity index (χ3v) is 3.56. The van der Waals surface area contributed by atoms with Crippen molar-refractivity contribution in [3.63, 3.8) is 0 Å². The molecular weight excluding hydrogens is 273 g/mol. The molecule has 0 bridgehead atoms. The van der Waals surface area contributed by atoms with Crippen LogP contribution < -0.4 is 16.6 Å². The Morgan fingerprint density at radius 1 is 1.19 bits per heavy atom. The number of benzene rings is 1. The number of aromatic nitrogens is 2. The molecule has 21 heavy (non-hydrogen) atoms. The molecule has 0 aliphatic rings. The smallest absolute Gasteiger partial charge is 0.305 e. The molecule has 1 N–H and O–H groups in total. The maximum atomic E-state index is 13.2. The molecule has 1 aromatic heterocycles. The standard InChI is InChI=1S/C15H18FN3O2/c1-10(11-5-4-6-12(16)7-11)17-9-13-8-14(20)19(3)15(21)18(13)2/h4-8,10,17H,9H2,1-3H3. The fourth-order valence-electron chi connectivity index (χ4n) is 2.10. The summed E-state index contributed by atoms with van der Waals surface area (Å²) >= 11 is 0. The van der Waals surface area contributed by atoms with Gasteiger partial charge in [-0.3, -0.25) is 13.9 Å². The molecule has 5 nitrogen and oxygen atoms in total. The van der Waals surface area contributed by atoms with Crippen LogP contribution >= 0.6 is 0 Å². The predicted octanol–water partition coefficient (Wildman–Crippen LogP) is 1.07. The molecule has 0 fully saturated rings. The Morgan fingerprint density at radius 2 is 1.90 bits per heavy atom. The van der Waals surface area contributed by atoms with Gasteiger partial charge in [0.05, 0.1) is 0 Å². The SMILES string of the molecule is CC(NCc1cc(=O)n(C)c(=O)n1C)c1cccc(F)c1. The van der Waals surface area contributed by atoms with Crippen LogP contribution in [0.25, 0.3) is 0 Å². The molecular formula is C15H18FN3O2. The van der Waals surface area contributed by atoms with Crippen LogP contribution in [-0.2, 0) is 20.6 Å². The Morgan fingerprint density at radius 3 is 2.57 bits per heavy atom. The molecule has 112 valence electrons. The maximum absolute atomic E-state index is 13.2. The second-order valence-corrected chi connectivity index (χ2v) is 5.03. The molecule has 0 radical (unpaired) electrons. The van der Waals surface area contributed by atoms with Crippen LogP contribution in [0, 0.1) is 5.82 Å². The zero-order chi connectivity index (χ0) is 15.6. The van der Waals surface area contributed by atoms with Crippen molar-refractivity contribution < 1.29 is 4.39 Å². The van der Waals surface area contributed by atoms with E-state index in [0.717, 1.165) is 10.1 Å². The van der Waals surface area contributed by atoms with Crippen LogP contribution in [0.15, 0.2) is 39.9 Å². The third-order valence-electron chi connectivity index (χ3n) is 3.56. The van der Waals surface area contributed by atoms with E-state index in [0.29, 0.717) is 12.2 Å². The highest BCUT2D eigenvalue weighted by Crippen LogP contribution is 2.13. The Balaban J connectivity index is 2.17. The number of nitrogens with one attached hydrogen (secondary N) is 1. The molecule has 1 atom stereocenters. The van der Waals surface area contributed by atoms with Crippen molar-refractivity contribution in [2.45, 2.75) is 19.5 Å². The maximum Gasteiger partial charge on any atom is 0.330 e. The molecule has 0 aliphatic heterocycles. The van der Waals surface area contributed by atoms with Gasteiger partial charge in [-0.1, -0.05) is 12.1 Å². The summed E-state index contributed by atoms with van der Waals surface area (Å²) in [5.41, 5.74) is 0.696. The van der Waals surface area contributed by atoms with Gasteiger partial charge < -0.3 is 5.32 Å². The second kappa shape index (κ2) is 6.05. The van der Waals surface area contributed by atoms with Gasteiger partial charge in [0.1, 0.15) is 5.82 Å². The van der Waals surface area contributed by atoms with E-state index in [1.165, 1.54) is 29.8 Å². The van der Waals surface area contributed by atoms with Gasteiger partial charge in [-0.25, -0.2) is 9.18 Å². The number of nitrogens with zero attached hydrogens (tertiary/aromatic N) is 2. The fourth-order valence-corrected chi connectivity index (χ4v) is 2.10. The number of hydrogen-bond donors (Lipinski definition) is 1. The summed E-state index contributed by atoms with van der Waals surface area (Å²) in [6.45, 7) is 2.24. The zero-order valence-corrected chi connectivity index (χ0v) is 12.3. The molecule has 0 aliphatic carbocycles. The molecule has 1 unspecified atom stereocenters. The lowest BCUT2D eigenvalue weighted by molar-refractivity contribution is 0.535. The van der Waals surface area contributed by atoms with Gasteiger partial charge in [0.2, 0.25) is 0 Å². The van der Waals surface area contributed by atoms with Gasteiger partial charge in [0.15, 0.2) is 0 Å². The van der Waals surface area contributed by atoms with Crippen LogP contribution in [0.3, 0.4) is 0 Å². The highest BCUT2D eigenvalue weighted by molar-refractivity contribution is 5.19. The quantitative estimate of drug-likeness (QED) is 0.917. The predicted molar refractivity (Wildman–Crippen MR) is 78.6 cm³/mol. The fraction of sp³-hybridized carbons (Fsp3) is 0.333. The van der Waals surface area contributed by atoms with Gasteiger partial charge in [0, 0.05) is 38.4 Å². The summed E-state index contributed by atoms with van der Waals surface area (Å²) in [6, 6.07) is 7.65. The van der Waals surface area contributed by atoms with Gasteiger partial charge in [-0.15, -0.1) is 0 Å². The van der Waals surface area contributed by atoms with Crippen LogP contribution in [0.5, 0.6) is 0 Å². The van der Waals surface area contributed by atoms with E-state index in [2.05, 4.69) is 5.32 Å². The van der Waals surface area contributed by atoms with E-state index >= 15 is 0 Å². The van der Waals surface area contributed by atoms with E-state index in [9.17, 15) is 14.0 Å². The Labute approximate surface area is 121 Å². The minimum atomic E-state index is -0.363. The van der Waals surface area contributed by atoms with E-state index in [1.807, 2.05) is 13.0 Å². The molecule has 1 heterocycles. The Bertz CT molecular complexity index is 764. The Hall–Kier alpha value is -2.21. The minimum absolute atomic E-state index is 0.0974. The van der Waals surface area contributed by atoms with Gasteiger partial charge >= 0.3 is 5.69 Å². The molecule has 1 aromatic carbocycles. The summed E-state index contributed by atoms with van der Waals surface area (Å²) in [5.74, 6) is -0.290. The van der Waals surface area contributed by atoms with Crippen molar-refractivity contribution in [1.82, 2.24) is 14.5 Å². The Kier molecular flexibility index (Phi) is 4.37. The lowest BCUT2D eigenvalue weighted by Gasteiger charge is -2.16. The topological polar surface area (TPSA) is 56.0 Å². The molecule has 6 heteroatoms. The zero-order valence-electron chi connectivity index (χ0n) is 12.3. The average molecular weight is 291 g/mol. The number of hydrogen-bond acceptors (Lipinski definition) is 3. The first-order valence-corrected chi connectivity index (χ1v) is 6.65. The van der Waals surface area contributed by atoms with Crippen LogP contribution in [0.4, 0.5) is 4.39 Å². The van der Waals surface area contributed by atoms with Crippen LogP contribution in [0.2, 0.25) is 0 Å². The van der Waals surface area contributed by atoms with Crippen LogP contribution in [0.1, 0.15) is 24.2 Å². The first-order valence-electron chi connectivity index (χ1n) is 6.65. The van der Waals surface area contributed by atoms with E-state index < -0.39 is 0 Å². The first-order chi connectivity index (χ1) is 9.90. The first kappa shape index (κ1) is 15.2. The normalized spacial score (nSPS) is 12.4. The molecule has 2 rings (SSSR count). The summed E-state index contributed by atoms with van der Waals surface area (Å²) in [4.78, 5) is 23.5. The van der Waals surface area contributed by atoms with Crippen molar-refractivity contribution in [3.8, 4) is 0 Å². The lowest BCUT2D eigenvalue weighted by atomic mass is 10.1. The van der Waals surface area contributed by atoms with Crippen LogP contribution in [-0.4, -0.2) is 9.13 Å². The van der Waals surface area contributed by atoms with Gasteiger partial charge in [0.25, 0.3) is 5.56 Å². The molecule has 0 amide bonds. The largest absolute Gasteiger partial charge is 0.330 e. The van der Waals surface area contributed by atoms with Crippen molar-refractivity contribution in [2.24, 2.45) is 14.1 Å². The van der Waals surface area contributed by atoms with Gasteiger partial charge in [-0.05, 0) is 24.6 Å². The van der Waals surface area contributed by atoms with Crippen molar-refractivity contribution in [1.29, 1.82) is 0 Å². The van der Waals surface area contributed by atoms with Crippen molar-refractivity contribution in [2.75, 3.05) is 0 Å². The molecule has 0 saturated carbocycles. The highest BCUT2D eigenvalue weighted by atomic mass is 19.1. The van der Waals surface area contributed by atoms with E-state index in [-0.39, 0.29) is 23.1 Å². The molecule has 2 aromatic rings. The summed E-state index contributed by atoms with van der Waals surface area (Å²) in [5, 5.41) is 3.18. The molecule has 0 saturated heterocycles. The van der Waals surface area contributed by atoms with Crippen molar-refractivity contribution in [3.05, 3.63) is 68.2 Å². The lowest BCUT2D eigenvalue weighted by Crippen LogP contribution is -2.39. The highest BCUT2D eigenvalue weighted by Gasteiger charge is 2.09. The van der Waals surface area contributed by atoms with E-state index in [4.69, 9.17) is 0 Å². The monoisotopic (exact) mass is 291 g/mol. The van der Waals surface area contributed by atoms with E-state index in [1.54, 1.807) is 13.1 Å². The third kappa shape index (κ3) is 3.28. The average Bonchev–Trinajstić information content (AvgIpc) is 2.47. The summed E-state index contributed by atoms with van der Waals surface area (Å²) in [6.07, 6.45) is 0. The number of rotatable bonds is 4. The molecule has 0 spiro atoms.